The normalized spacial score (nSPS) is 18.4. The van der Waals surface area contributed by atoms with Crippen LogP contribution in [0, 0.1) is 11.3 Å². The Bertz CT molecular complexity index is 2080. The highest BCUT2D eigenvalue weighted by Gasteiger charge is 2.53. The monoisotopic (exact) mass is 651 g/mol. The Hall–Kier alpha value is -4.76. The summed E-state index contributed by atoms with van der Waals surface area (Å²) in [4.78, 5) is 17.7. The predicted octanol–water partition coefficient (Wildman–Crippen LogP) is 5.22. The van der Waals surface area contributed by atoms with Gasteiger partial charge >= 0.3 is 0 Å². The van der Waals surface area contributed by atoms with Crippen molar-refractivity contribution in [2.45, 2.75) is 17.4 Å². The van der Waals surface area contributed by atoms with E-state index >= 15 is 0 Å². The Kier molecular flexibility index (Phi) is 7.72. The van der Waals surface area contributed by atoms with Gasteiger partial charge in [-0.15, -0.1) is 0 Å². The summed E-state index contributed by atoms with van der Waals surface area (Å²) in [7, 11) is -4.14. The zero-order valence-electron chi connectivity index (χ0n) is 25.0. The smallest absolute Gasteiger partial charge is 0.266 e. The number of ether oxygens (including phenoxy) is 1. The lowest BCUT2D eigenvalue weighted by Crippen LogP contribution is -2.58. The van der Waals surface area contributed by atoms with Crippen LogP contribution in [0.25, 0.3) is 10.9 Å². The molecule has 46 heavy (non-hydrogen) atoms. The number of para-hydroxylation sites is 1. The lowest BCUT2D eigenvalue weighted by molar-refractivity contribution is 0.127. The summed E-state index contributed by atoms with van der Waals surface area (Å²) in [6.07, 6.45) is 5.15. The second kappa shape index (κ2) is 11.9. The number of hydrogen-bond donors (Lipinski definition) is 0. The lowest BCUT2D eigenvalue weighted by Gasteiger charge is -2.47. The van der Waals surface area contributed by atoms with Crippen molar-refractivity contribution in [3.05, 3.63) is 113 Å². The molecule has 0 radical (unpaired) electrons. The van der Waals surface area contributed by atoms with Gasteiger partial charge in [0, 0.05) is 67.5 Å². The Morgan fingerprint density at radius 3 is 2.52 bits per heavy atom. The molecule has 1 atom stereocenters. The van der Waals surface area contributed by atoms with Gasteiger partial charge in [0.2, 0.25) is 5.88 Å². The second-order valence-electron chi connectivity index (χ2n) is 11.2. The van der Waals surface area contributed by atoms with E-state index < -0.39 is 15.6 Å². The third-order valence-corrected chi connectivity index (χ3v) is 10.7. The number of pyridine rings is 3. The van der Waals surface area contributed by atoms with Crippen molar-refractivity contribution in [1.29, 1.82) is 5.26 Å². The van der Waals surface area contributed by atoms with Gasteiger partial charge in [-0.2, -0.15) is 5.26 Å². The SMILES string of the molecule is CCOc1cc(C2(N3CCN(c4ccncc4)CC3)CN(S(=O)(=O)c3cccc4cccnc34)c3ccc(C#N)cc32)cc(Cl)n1. The molecule has 5 aromatic rings. The van der Waals surface area contributed by atoms with Crippen LogP contribution in [0.5, 0.6) is 5.88 Å². The average Bonchev–Trinajstić information content (AvgIpc) is 3.45. The molecule has 0 spiro atoms. The van der Waals surface area contributed by atoms with Gasteiger partial charge in [-0.3, -0.25) is 19.2 Å². The Morgan fingerprint density at radius 2 is 1.76 bits per heavy atom. The number of anilines is 2. The van der Waals surface area contributed by atoms with E-state index in [4.69, 9.17) is 16.3 Å². The van der Waals surface area contributed by atoms with Gasteiger partial charge in [-0.1, -0.05) is 29.8 Å². The first kappa shape index (κ1) is 29.9. The van der Waals surface area contributed by atoms with Gasteiger partial charge in [0.1, 0.15) is 10.0 Å². The Morgan fingerprint density at radius 1 is 0.978 bits per heavy atom. The largest absolute Gasteiger partial charge is 0.478 e. The van der Waals surface area contributed by atoms with E-state index in [0.717, 1.165) is 16.6 Å². The number of sulfonamides is 1. The molecule has 2 aliphatic heterocycles. The number of hydrogen-bond acceptors (Lipinski definition) is 9. The van der Waals surface area contributed by atoms with Crippen molar-refractivity contribution in [1.82, 2.24) is 19.9 Å². The van der Waals surface area contributed by atoms with Gasteiger partial charge in [0.15, 0.2) is 0 Å². The fourth-order valence-corrected chi connectivity index (χ4v) is 8.56. The minimum atomic E-state index is -4.14. The molecular weight excluding hydrogens is 622 g/mol. The minimum absolute atomic E-state index is 0.0456. The summed E-state index contributed by atoms with van der Waals surface area (Å²) < 4.78 is 36.8. The molecule has 0 N–H and O–H groups in total. The standard InChI is InChI=1S/C34H30ClN7O3S/c1-2-45-32-21-26(20-31(35)39-32)34(41-17-15-40(16-18-41)27-10-13-37-14-11-27)23-42(29-9-8-24(22-36)19-28(29)34)46(43,44)30-7-3-5-25-6-4-12-38-33(25)30/h3-14,19-21H,2,15-18,23H2,1H3. The summed E-state index contributed by atoms with van der Waals surface area (Å²) in [5.74, 6) is 0.345. The van der Waals surface area contributed by atoms with Crippen LogP contribution in [0.2, 0.25) is 5.15 Å². The van der Waals surface area contributed by atoms with Gasteiger partial charge < -0.3 is 9.64 Å². The van der Waals surface area contributed by atoms with Crippen molar-refractivity contribution in [3.8, 4) is 11.9 Å². The fourth-order valence-electron chi connectivity index (χ4n) is 6.68. The number of fused-ring (bicyclic) bond motifs is 2. The van der Waals surface area contributed by atoms with Crippen LogP contribution in [0.1, 0.15) is 23.6 Å². The molecule has 0 aliphatic carbocycles. The summed E-state index contributed by atoms with van der Waals surface area (Å²) in [6, 6.07) is 23.8. The average molecular weight is 652 g/mol. The molecule has 2 aromatic carbocycles. The number of nitrogens with zero attached hydrogens (tertiary/aromatic N) is 7. The third-order valence-electron chi connectivity index (χ3n) is 8.76. The zero-order valence-corrected chi connectivity index (χ0v) is 26.6. The number of piperazine rings is 1. The first-order valence-electron chi connectivity index (χ1n) is 15.0. The summed E-state index contributed by atoms with van der Waals surface area (Å²) in [5, 5.41) is 10.9. The molecule has 12 heteroatoms. The van der Waals surface area contributed by atoms with E-state index in [1.807, 2.05) is 37.3 Å². The maximum absolute atomic E-state index is 14.8. The van der Waals surface area contributed by atoms with E-state index in [-0.39, 0.29) is 16.6 Å². The van der Waals surface area contributed by atoms with Crippen LogP contribution >= 0.6 is 11.6 Å². The quantitative estimate of drug-likeness (QED) is 0.218. The molecule has 0 bridgehead atoms. The van der Waals surface area contributed by atoms with Crippen LogP contribution in [0.4, 0.5) is 11.4 Å². The second-order valence-corrected chi connectivity index (χ2v) is 13.4. The molecule has 1 unspecified atom stereocenters. The first-order chi connectivity index (χ1) is 22.3. The Balaban J connectivity index is 1.42. The molecule has 7 rings (SSSR count). The number of halogens is 1. The van der Waals surface area contributed by atoms with E-state index in [9.17, 15) is 13.7 Å². The molecular formula is C34H30ClN7O3S. The predicted molar refractivity (Wildman–Crippen MR) is 177 cm³/mol. The van der Waals surface area contributed by atoms with Crippen molar-refractivity contribution in [3.63, 3.8) is 0 Å². The fraction of sp³-hybridized carbons (Fsp3) is 0.235. The molecule has 0 amide bonds. The number of aromatic nitrogens is 3. The molecule has 3 aromatic heterocycles. The number of benzene rings is 2. The maximum Gasteiger partial charge on any atom is 0.266 e. The molecule has 10 nitrogen and oxygen atoms in total. The van der Waals surface area contributed by atoms with Crippen molar-refractivity contribution < 1.29 is 13.2 Å². The summed E-state index contributed by atoms with van der Waals surface area (Å²) in [5.41, 5.74) is 2.80. The van der Waals surface area contributed by atoms with Gasteiger partial charge in [0.05, 0.1) is 41.5 Å². The van der Waals surface area contributed by atoms with Crippen molar-refractivity contribution in [2.75, 3.05) is 48.5 Å². The zero-order chi connectivity index (χ0) is 31.9. The lowest BCUT2D eigenvalue weighted by atomic mass is 9.82. The minimum Gasteiger partial charge on any atom is -0.478 e. The van der Waals surface area contributed by atoms with E-state index in [1.54, 1.807) is 61.1 Å². The molecule has 0 saturated carbocycles. The molecule has 1 saturated heterocycles. The van der Waals surface area contributed by atoms with Crippen molar-refractivity contribution in [2.24, 2.45) is 0 Å². The highest BCUT2D eigenvalue weighted by Crippen LogP contribution is 2.51. The highest BCUT2D eigenvalue weighted by molar-refractivity contribution is 7.93. The summed E-state index contributed by atoms with van der Waals surface area (Å²) >= 11 is 6.63. The third kappa shape index (κ3) is 4.99. The van der Waals surface area contributed by atoms with Gasteiger partial charge in [-0.05, 0) is 61.0 Å². The van der Waals surface area contributed by atoms with E-state index in [1.165, 1.54) is 4.31 Å². The first-order valence-corrected chi connectivity index (χ1v) is 16.8. The topological polar surface area (TPSA) is 116 Å². The van der Waals surface area contributed by atoms with E-state index in [2.05, 4.69) is 30.8 Å². The Labute approximate surface area is 272 Å². The van der Waals surface area contributed by atoms with Crippen molar-refractivity contribution >= 4 is 43.9 Å². The van der Waals surface area contributed by atoms with Crippen LogP contribution in [0.15, 0.2) is 96.3 Å². The maximum atomic E-state index is 14.8. The highest BCUT2D eigenvalue weighted by atomic mass is 35.5. The number of rotatable bonds is 7. The van der Waals surface area contributed by atoms with Gasteiger partial charge in [-0.25, -0.2) is 13.4 Å². The number of nitriles is 1. The van der Waals surface area contributed by atoms with Crippen LogP contribution in [-0.4, -0.2) is 67.6 Å². The van der Waals surface area contributed by atoms with Gasteiger partial charge in [0.25, 0.3) is 10.0 Å². The summed E-state index contributed by atoms with van der Waals surface area (Å²) in [6.45, 7) is 4.88. The van der Waals surface area contributed by atoms with Crippen LogP contribution in [0.3, 0.4) is 0 Å². The molecule has 1 fully saturated rings. The van der Waals surface area contributed by atoms with Crippen LogP contribution in [-0.2, 0) is 15.6 Å². The molecule has 2 aliphatic rings. The van der Waals surface area contributed by atoms with E-state index in [0.29, 0.717) is 61.0 Å². The van der Waals surface area contributed by atoms with Crippen LogP contribution < -0.4 is 13.9 Å². The molecule has 232 valence electrons. The molecule has 5 heterocycles.